The molecule has 0 aromatic heterocycles. The second-order valence-corrected chi connectivity index (χ2v) is 5.68. The molecule has 1 aliphatic rings. The lowest BCUT2D eigenvalue weighted by molar-refractivity contribution is -0.899. The van der Waals surface area contributed by atoms with E-state index in [2.05, 4.69) is 11.4 Å². The standard InChI is InChI=1S/C17H21N3O3/c1-2-23-17(22)14-7-5-9-20(11-14)12-16(21)19-15-8-4-3-6-13(15)10-18/h3-4,6,8,14H,2,5,7,9,11-12H2,1H3,(H,19,21)/p+1/t14-/m0/s1. The zero-order valence-electron chi connectivity index (χ0n) is 13.3. The number of carbonyl (C=O) groups is 2. The molecule has 2 atom stereocenters. The number of ether oxygens (including phenoxy) is 1. The Morgan fingerprint density at radius 3 is 2.96 bits per heavy atom. The van der Waals surface area contributed by atoms with Gasteiger partial charge in [-0.1, -0.05) is 12.1 Å². The smallest absolute Gasteiger partial charge is 0.314 e. The Kier molecular flexibility index (Phi) is 6.12. The predicted molar refractivity (Wildman–Crippen MR) is 84.7 cm³/mol. The topological polar surface area (TPSA) is 83.6 Å². The van der Waals surface area contributed by atoms with Crippen molar-refractivity contribution in [1.29, 1.82) is 5.26 Å². The highest BCUT2D eigenvalue weighted by Gasteiger charge is 2.30. The Bertz CT molecular complexity index is 609. The summed E-state index contributed by atoms with van der Waals surface area (Å²) >= 11 is 0. The van der Waals surface area contributed by atoms with Gasteiger partial charge in [-0.2, -0.15) is 5.26 Å². The van der Waals surface area contributed by atoms with Crippen LogP contribution in [0.2, 0.25) is 0 Å². The van der Waals surface area contributed by atoms with Crippen molar-refractivity contribution < 1.29 is 19.2 Å². The first-order chi connectivity index (χ1) is 11.1. The third kappa shape index (κ3) is 4.80. The number of quaternary nitrogens is 1. The van der Waals surface area contributed by atoms with Crippen LogP contribution in [0, 0.1) is 17.2 Å². The molecule has 1 amide bonds. The van der Waals surface area contributed by atoms with Crippen molar-refractivity contribution in [2.45, 2.75) is 19.8 Å². The summed E-state index contributed by atoms with van der Waals surface area (Å²) < 4.78 is 5.07. The zero-order chi connectivity index (χ0) is 16.7. The van der Waals surface area contributed by atoms with E-state index in [1.54, 1.807) is 31.2 Å². The van der Waals surface area contributed by atoms with Gasteiger partial charge in [0.2, 0.25) is 0 Å². The lowest BCUT2D eigenvalue weighted by Gasteiger charge is -2.28. The second-order valence-electron chi connectivity index (χ2n) is 5.68. The van der Waals surface area contributed by atoms with E-state index in [0.717, 1.165) is 24.3 Å². The quantitative estimate of drug-likeness (QED) is 0.768. The number of amides is 1. The Morgan fingerprint density at radius 2 is 2.22 bits per heavy atom. The minimum Gasteiger partial charge on any atom is -0.466 e. The SMILES string of the molecule is CCOC(=O)[C@H]1CCC[NH+](CC(=O)Nc2ccccc2C#N)C1. The highest BCUT2D eigenvalue weighted by molar-refractivity contribution is 5.92. The number of carbonyl (C=O) groups excluding carboxylic acids is 2. The molecule has 1 fully saturated rings. The summed E-state index contributed by atoms with van der Waals surface area (Å²) in [6.45, 7) is 3.95. The van der Waals surface area contributed by atoms with E-state index in [1.165, 1.54) is 0 Å². The summed E-state index contributed by atoms with van der Waals surface area (Å²) in [7, 11) is 0. The number of para-hydroxylation sites is 1. The van der Waals surface area contributed by atoms with Crippen LogP contribution in [0.4, 0.5) is 5.69 Å². The predicted octanol–water partition coefficient (Wildman–Crippen LogP) is 0.355. The summed E-state index contributed by atoms with van der Waals surface area (Å²) in [6.07, 6.45) is 1.72. The molecule has 1 unspecified atom stereocenters. The van der Waals surface area contributed by atoms with E-state index < -0.39 is 0 Å². The summed E-state index contributed by atoms with van der Waals surface area (Å²) in [5.41, 5.74) is 0.970. The van der Waals surface area contributed by atoms with Crippen molar-refractivity contribution in [1.82, 2.24) is 0 Å². The molecule has 6 heteroatoms. The second kappa shape index (κ2) is 8.30. The van der Waals surface area contributed by atoms with Gasteiger partial charge in [0.25, 0.3) is 5.91 Å². The first-order valence-corrected chi connectivity index (χ1v) is 7.93. The normalized spacial score (nSPS) is 20.3. The van der Waals surface area contributed by atoms with Crippen molar-refractivity contribution >= 4 is 17.6 Å². The number of nitriles is 1. The number of esters is 1. The number of piperidine rings is 1. The largest absolute Gasteiger partial charge is 0.466 e. The number of anilines is 1. The molecule has 1 aromatic carbocycles. The number of hydrogen-bond donors (Lipinski definition) is 2. The minimum atomic E-state index is -0.167. The lowest BCUT2D eigenvalue weighted by Crippen LogP contribution is -3.14. The van der Waals surface area contributed by atoms with Crippen LogP contribution < -0.4 is 10.2 Å². The van der Waals surface area contributed by atoms with Crippen LogP contribution in [0.15, 0.2) is 24.3 Å². The fourth-order valence-corrected chi connectivity index (χ4v) is 2.88. The van der Waals surface area contributed by atoms with Gasteiger partial charge in [0.15, 0.2) is 6.54 Å². The van der Waals surface area contributed by atoms with Crippen LogP contribution in [0.1, 0.15) is 25.3 Å². The monoisotopic (exact) mass is 316 g/mol. The molecule has 23 heavy (non-hydrogen) atoms. The molecule has 0 radical (unpaired) electrons. The van der Waals surface area contributed by atoms with Crippen LogP contribution >= 0.6 is 0 Å². The Hall–Kier alpha value is -2.39. The average molecular weight is 316 g/mol. The third-order valence-electron chi connectivity index (χ3n) is 3.97. The number of benzene rings is 1. The molecule has 0 saturated carbocycles. The Labute approximate surface area is 136 Å². The van der Waals surface area contributed by atoms with Crippen LogP contribution in [-0.2, 0) is 14.3 Å². The van der Waals surface area contributed by atoms with E-state index in [-0.39, 0.29) is 24.3 Å². The highest BCUT2D eigenvalue weighted by atomic mass is 16.5. The van der Waals surface area contributed by atoms with E-state index in [1.807, 2.05) is 0 Å². The van der Waals surface area contributed by atoms with Crippen molar-refractivity contribution in [2.75, 3.05) is 31.6 Å². The van der Waals surface area contributed by atoms with Gasteiger partial charge < -0.3 is 15.0 Å². The molecular weight excluding hydrogens is 294 g/mol. The lowest BCUT2D eigenvalue weighted by atomic mass is 9.98. The average Bonchev–Trinajstić information content (AvgIpc) is 2.55. The maximum Gasteiger partial charge on any atom is 0.314 e. The van der Waals surface area contributed by atoms with Crippen molar-refractivity contribution in [2.24, 2.45) is 5.92 Å². The zero-order valence-corrected chi connectivity index (χ0v) is 13.3. The van der Waals surface area contributed by atoms with E-state index in [4.69, 9.17) is 10.00 Å². The maximum atomic E-state index is 12.2. The van der Waals surface area contributed by atoms with E-state index >= 15 is 0 Å². The van der Waals surface area contributed by atoms with Gasteiger partial charge in [-0.15, -0.1) is 0 Å². The van der Waals surface area contributed by atoms with Crippen LogP contribution in [0.3, 0.4) is 0 Å². The summed E-state index contributed by atoms with van der Waals surface area (Å²) in [5, 5.41) is 11.8. The molecule has 2 rings (SSSR count). The van der Waals surface area contributed by atoms with Gasteiger partial charge >= 0.3 is 5.97 Å². The van der Waals surface area contributed by atoms with Gasteiger partial charge in [0.05, 0.1) is 30.9 Å². The molecule has 0 aliphatic carbocycles. The first-order valence-electron chi connectivity index (χ1n) is 7.93. The molecule has 6 nitrogen and oxygen atoms in total. The molecule has 0 bridgehead atoms. The Balaban J connectivity index is 1.90. The number of likely N-dealkylation sites (tertiary alicyclic amines) is 1. The summed E-state index contributed by atoms with van der Waals surface area (Å²) in [4.78, 5) is 25.1. The van der Waals surface area contributed by atoms with Gasteiger partial charge in [-0.05, 0) is 31.9 Å². The summed E-state index contributed by atoms with van der Waals surface area (Å²) in [6, 6.07) is 8.97. The van der Waals surface area contributed by atoms with E-state index in [0.29, 0.717) is 24.4 Å². The summed E-state index contributed by atoms with van der Waals surface area (Å²) in [5.74, 6) is -0.440. The van der Waals surface area contributed by atoms with E-state index in [9.17, 15) is 9.59 Å². The van der Waals surface area contributed by atoms with Gasteiger partial charge in [0.1, 0.15) is 12.0 Å². The number of rotatable bonds is 5. The Morgan fingerprint density at radius 1 is 1.43 bits per heavy atom. The number of nitrogens with one attached hydrogen (secondary N) is 2. The molecule has 1 aromatic rings. The van der Waals surface area contributed by atoms with Crippen LogP contribution in [0.5, 0.6) is 0 Å². The highest BCUT2D eigenvalue weighted by Crippen LogP contribution is 2.13. The van der Waals surface area contributed by atoms with Crippen molar-refractivity contribution in [3.8, 4) is 6.07 Å². The number of nitrogens with zero attached hydrogens (tertiary/aromatic N) is 1. The van der Waals surface area contributed by atoms with Crippen LogP contribution in [0.25, 0.3) is 0 Å². The molecule has 1 saturated heterocycles. The van der Waals surface area contributed by atoms with Gasteiger partial charge in [-0.25, -0.2) is 0 Å². The number of hydrogen-bond acceptors (Lipinski definition) is 4. The maximum absolute atomic E-state index is 12.2. The fraction of sp³-hybridized carbons (Fsp3) is 0.471. The van der Waals surface area contributed by atoms with Gasteiger partial charge in [0, 0.05) is 0 Å². The molecule has 0 spiro atoms. The molecule has 2 N–H and O–H groups in total. The third-order valence-corrected chi connectivity index (χ3v) is 3.97. The minimum absolute atomic E-state index is 0.127. The first kappa shape index (κ1) is 17.0. The molecule has 122 valence electrons. The van der Waals surface area contributed by atoms with Crippen LogP contribution in [-0.4, -0.2) is 38.1 Å². The fourth-order valence-electron chi connectivity index (χ4n) is 2.88. The van der Waals surface area contributed by atoms with Crippen molar-refractivity contribution in [3.63, 3.8) is 0 Å². The molecular formula is C17H22N3O3+. The molecule has 1 aliphatic heterocycles. The van der Waals surface area contributed by atoms with Gasteiger partial charge in [-0.3, -0.25) is 9.59 Å². The van der Waals surface area contributed by atoms with Crippen molar-refractivity contribution in [3.05, 3.63) is 29.8 Å². The molecule has 1 heterocycles.